The first-order valence-corrected chi connectivity index (χ1v) is 10.1. The van der Waals surface area contributed by atoms with E-state index in [-0.39, 0.29) is 11.7 Å². The van der Waals surface area contributed by atoms with E-state index < -0.39 is 0 Å². The van der Waals surface area contributed by atoms with Gasteiger partial charge in [-0.1, -0.05) is 48.0 Å². The molecule has 3 aromatic carbocycles. The predicted molar refractivity (Wildman–Crippen MR) is 117 cm³/mol. The van der Waals surface area contributed by atoms with Gasteiger partial charge in [-0.15, -0.1) is 5.10 Å². The average molecular weight is 427 g/mol. The summed E-state index contributed by atoms with van der Waals surface area (Å²) in [6.07, 6.45) is 1.59. The Labute approximate surface area is 182 Å². The largest absolute Gasteiger partial charge is 0.508 e. The molecule has 150 valence electrons. The highest BCUT2D eigenvalue weighted by molar-refractivity contribution is 6.30. The molecule has 6 rings (SSSR count). The second kappa shape index (κ2) is 6.82. The Hall–Kier alpha value is -3.90. The van der Waals surface area contributed by atoms with Crippen LogP contribution in [0.2, 0.25) is 5.02 Å². The van der Waals surface area contributed by atoms with Crippen LogP contribution in [-0.2, 0) is 0 Å². The summed E-state index contributed by atoms with van der Waals surface area (Å²) >= 11 is 6.03. The number of ether oxygens (including phenoxy) is 1. The standard InChI is InChI=1S/C24H15ClN4O2/c25-16-8-6-15(7-9-16)22-27-23-21-20(14-4-2-1-3-5-14)18-11-10-17(30)12-19(18)31-24(21)26-13-29(23)28-22/h1-13,20,30H. The molecule has 1 aliphatic heterocycles. The Morgan fingerprint density at radius 2 is 1.77 bits per heavy atom. The molecule has 6 nitrogen and oxygen atoms in total. The number of fused-ring (bicyclic) bond motifs is 4. The molecule has 1 unspecified atom stereocenters. The molecule has 0 fully saturated rings. The molecule has 1 atom stereocenters. The summed E-state index contributed by atoms with van der Waals surface area (Å²) in [5, 5.41) is 15.3. The van der Waals surface area contributed by atoms with Gasteiger partial charge in [0.25, 0.3) is 0 Å². The van der Waals surface area contributed by atoms with E-state index in [0.717, 1.165) is 22.3 Å². The summed E-state index contributed by atoms with van der Waals surface area (Å²) in [7, 11) is 0. The fourth-order valence-electron chi connectivity index (χ4n) is 4.02. The third-order valence-electron chi connectivity index (χ3n) is 5.43. The van der Waals surface area contributed by atoms with Crippen molar-refractivity contribution in [1.29, 1.82) is 0 Å². The van der Waals surface area contributed by atoms with Gasteiger partial charge in [0.05, 0.1) is 5.56 Å². The minimum absolute atomic E-state index is 0.141. The first-order valence-electron chi connectivity index (χ1n) is 9.74. The smallest absolute Gasteiger partial charge is 0.228 e. The lowest BCUT2D eigenvalue weighted by molar-refractivity contribution is 0.422. The highest BCUT2D eigenvalue weighted by Crippen LogP contribution is 2.48. The van der Waals surface area contributed by atoms with Gasteiger partial charge in [0, 0.05) is 28.1 Å². The summed E-state index contributed by atoms with van der Waals surface area (Å²) in [5.41, 5.74) is 4.37. The maximum atomic E-state index is 9.98. The monoisotopic (exact) mass is 426 g/mol. The van der Waals surface area contributed by atoms with Gasteiger partial charge in [0.15, 0.2) is 11.5 Å². The highest BCUT2D eigenvalue weighted by Gasteiger charge is 2.33. The van der Waals surface area contributed by atoms with Crippen molar-refractivity contribution in [2.24, 2.45) is 0 Å². The molecule has 2 aromatic heterocycles. The minimum Gasteiger partial charge on any atom is -0.508 e. The molecule has 0 bridgehead atoms. The fraction of sp³-hybridized carbons (Fsp3) is 0.0417. The quantitative estimate of drug-likeness (QED) is 0.399. The Kier molecular flexibility index (Phi) is 3.94. The number of phenolic OH excluding ortho intramolecular Hbond substituents is 1. The molecule has 1 aliphatic rings. The lowest BCUT2D eigenvalue weighted by Crippen LogP contribution is -2.14. The highest BCUT2D eigenvalue weighted by atomic mass is 35.5. The second-order valence-electron chi connectivity index (χ2n) is 7.34. The Morgan fingerprint density at radius 3 is 2.58 bits per heavy atom. The van der Waals surface area contributed by atoms with Crippen LogP contribution in [0, 0.1) is 0 Å². The Morgan fingerprint density at radius 1 is 0.968 bits per heavy atom. The second-order valence-corrected chi connectivity index (χ2v) is 7.78. The van der Waals surface area contributed by atoms with Crippen molar-refractivity contribution in [3.8, 4) is 28.8 Å². The first kappa shape index (κ1) is 17.9. The molecule has 3 heterocycles. The Bertz CT molecular complexity index is 1430. The zero-order valence-electron chi connectivity index (χ0n) is 16.1. The summed E-state index contributed by atoms with van der Waals surface area (Å²) in [5.74, 6) is 1.59. The average Bonchev–Trinajstić information content (AvgIpc) is 3.23. The van der Waals surface area contributed by atoms with Crippen LogP contribution < -0.4 is 4.74 Å². The molecule has 0 amide bonds. The number of aromatic nitrogens is 4. The molecule has 0 saturated carbocycles. The summed E-state index contributed by atoms with van der Waals surface area (Å²) in [6, 6.07) is 22.7. The van der Waals surface area contributed by atoms with Crippen molar-refractivity contribution in [1.82, 2.24) is 19.6 Å². The van der Waals surface area contributed by atoms with Crippen molar-refractivity contribution in [3.63, 3.8) is 0 Å². The molecule has 0 saturated heterocycles. The van der Waals surface area contributed by atoms with E-state index >= 15 is 0 Å². The molecule has 0 aliphatic carbocycles. The van der Waals surface area contributed by atoms with E-state index in [2.05, 4.69) is 22.2 Å². The summed E-state index contributed by atoms with van der Waals surface area (Å²) in [6.45, 7) is 0. The zero-order chi connectivity index (χ0) is 20.9. The first-order chi connectivity index (χ1) is 15.2. The van der Waals surface area contributed by atoms with Crippen LogP contribution in [0.15, 0.2) is 79.1 Å². The lowest BCUT2D eigenvalue weighted by atomic mass is 9.84. The number of hydrogen-bond donors (Lipinski definition) is 1. The number of aromatic hydroxyl groups is 1. The third kappa shape index (κ3) is 2.92. The molecule has 7 heteroatoms. The van der Waals surface area contributed by atoms with E-state index in [1.54, 1.807) is 23.0 Å². The number of halogens is 1. The van der Waals surface area contributed by atoms with Crippen molar-refractivity contribution in [2.45, 2.75) is 5.92 Å². The Balaban J connectivity index is 1.61. The van der Waals surface area contributed by atoms with Crippen molar-refractivity contribution in [2.75, 3.05) is 0 Å². The van der Waals surface area contributed by atoms with Crippen molar-refractivity contribution < 1.29 is 9.84 Å². The van der Waals surface area contributed by atoms with E-state index in [1.165, 1.54) is 0 Å². The van der Waals surface area contributed by atoms with Gasteiger partial charge in [-0.25, -0.2) is 14.5 Å². The van der Waals surface area contributed by atoms with Gasteiger partial charge in [-0.3, -0.25) is 0 Å². The summed E-state index contributed by atoms with van der Waals surface area (Å²) < 4.78 is 7.75. The molecule has 31 heavy (non-hydrogen) atoms. The number of nitrogens with zero attached hydrogens (tertiary/aromatic N) is 4. The minimum atomic E-state index is -0.168. The normalized spacial score (nSPS) is 14.7. The molecule has 0 spiro atoms. The van der Waals surface area contributed by atoms with Crippen molar-refractivity contribution >= 4 is 17.2 Å². The van der Waals surface area contributed by atoms with E-state index in [4.69, 9.17) is 21.3 Å². The molecule has 5 aromatic rings. The zero-order valence-corrected chi connectivity index (χ0v) is 16.9. The van der Waals surface area contributed by atoms with Crippen LogP contribution in [0.3, 0.4) is 0 Å². The number of phenols is 1. The lowest BCUT2D eigenvalue weighted by Gasteiger charge is -2.27. The van der Waals surface area contributed by atoms with Gasteiger partial charge in [0.1, 0.15) is 17.8 Å². The van der Waals surface area contributed by atoms with Gasteiger partial charge in [-0.2, -0.15) is 0 Å². The molecule has 0 radical (unpaired) electrons. The summed E-state index contributed by atoms with van der Waals surface area (Å²) in [4.78, 5) is 9.34. The van der Waals surface area contributed by atoms with Crippen LogP contribution in [0.25, 0.3) is 17.0 Å². The fourth-order valence-corrected chi connectivity index (χ4v) is 4.14. The van der Waals surface area contributed by atoms with Gasteiger partial charge < -0.3 is 9.84 Å². The van der Waals surface area contributed by atoms with Gasteiger partial charge >= 0.3 is 0 Å². The predicted octanol–water partition coefficient (Wildman–Crippen LogP) is 5.44. The van der Waals surface area contributed by atoms with E-state index in [9.17, 15) is 5.11 Å². The molecular formula is C24H15ClN4O2. The number of benzene rings is 3. The van der Waals surface area contributed by atoms with Crippen LogP contribution in [-0.4, -0.2) is 24.7 Å². The SMILES string of the molecule is Oc1ccc2c(c1)Oc1ncn3nc(-c4ccc(Cl)cc4)nc3c1C2c1ccccc1. The van der Waals surface area contributed by atoms with Crippen LogP contribution in [0.4, 0.5) is 0 Å². The number of rotatable bonds is 2. The van der Waals surface area contributed by atoms with Gasteiger partial charge in [-0.05, 0) is 35.9 Å². The maximum Gasteiger partial charge on any atom is 0.228 e. The third-order valence-corrected chi connectivity index (χ3v) is 5.68. The van der Waals surface area contributed by atoms with Gasteiger partial charge in [0.2, 0.25) is 5.88 Å². The van der Waals surface area contributed by atoms with E-state index in [1.807, 2.05) is 48.5 Å². The molecule has 1 N–H and O–H groups in total. The maximum absolute atomic E-state index is 9.98. The van der Waals surface area contributed by atoms with Crippen LogP contribution in [0.5, 0.6) is 17.4 Å². The number of hydrogen-bond acceptors (Lipinski definition) is 5. The van der Waals surface area contributed by atoms with Crippen molar-refractivity contribution in [3.05, 3.63) is 101 Å². The molecular weight excluding hydrogens is 412 g/mol. The van der Waals surface area contributed by atoms with Crippen LogP contribution in [0.1, 0.15) is 22.6 Å². The van der Waals surface area contributed by atoms with E-state index in [0.29, 0.717) is 28.1 Å². The topological polar surface area (TPSA) is 72.5 Å². The van der Waals surface area contributed by atoms with Crippen LogP contribution >= 0.6 is 11.6 Å².